The van der Waals surface area contributed by atoms with Gasteiger partial charge >= 0.3 is 0 Å². The zero-order valence-corrected chi connectivity index (χ0v) is 15.6. The minimum absolute atomic E-state index is 0.00737. The summed E-state index contributed by atoms with van der Waals surface area (Å²) in [5.74, 6) is 1.80. The van der Waals surface area contributed by atoms with Crippen molar-refractivity contribution in [3.8, 4) is 0 Å². The second-order valence-corrected chi connectivity index (χ2v) is 7.60. The number of aromatic amines is 1. The number of hydrogen-bond acceptors (Lipinski definition) is 4. The van der Waals surface area contributed by atoms with Gasteiger partial charge < -0.3 is 9.67 Å². The lowest BCUT2D eigenvalue weighted by Gasteiger charge is -2.27. The molecule has 138 valence electrons. The number of fused-ring (bicyclic) bond motifs is 2. The zero-order chi connectivity index (χ0) is 18.1. The number of H-pyrrole nitrogens is 1. The highest BCUT2D eigenvalue weighted by atomic mass is 16.3. The molecule has 1 aromatic carbocycles. The van der Waals surface area contributed by atoms with Crippen LogP contribution in [0.25, 0.3) is 11.0 Å². The number of rotatable bonds is 6. The number of aliphatic hydroxyl groups excluding tert-OH is 1. The van der Waals surface area contributed by atoms with E-state index in [0.29, 0.717) is 5.92 Å². The second-order valence-electron chi connectivity index (χ2n) is 7.60. The van der Waals surface area contributed by atoms with Gasteiger partial charge in [0.25, 0.3) is 0 Å². The van der Waals surface area contributed by atoms with Crippen LogP contribution >= 0.6 is 0 Å². The van der Waals surface area contributed by atoms with Crippen LogP contribution < -0.4 is 0 Å². The lowest BCUT2D eigenvalue weighted by molar-refractivity contribution is 0.229. The normalized spacial score (nSPS) is 15.1. The van der Waals surface area contributed by atoms with Crippen LogP contribution in [0.1, 0.15) is 43.0 Å². The highest BCUT2D eigenvalue weighted by Crippen LogP contribution is 2.24. The van der Waals surface area contributed by atoms with Crippen molar-refractivity contribution in [3.05, 3.63) is 47.0 Å². The van der Waals surface area contributed by atoms with Crippen molar-refractivity contribution in [2.45, 2.75) is 52.9 Å². The number of aryl methyl sites for hydroxylation is 1. The first-order chi connectivity index (χ1) is 12.7. The molecule has 0 saturated carbocycles. The van der Waals surface area contributed by atoms with E-state index in [2.05, 4.69) is 57.8 Å². The van der Waals surface area contributed by atoms with Crippen LogP contribution in [0.2, 0.25) is 0 Å². The van der Waals surface area contributed by atoms with Gasteiger partial charge in [0.2, 0.25) is 0 Å². The summed E-state index contributed by atoms with van der Waals surface area (Å²) in [6.07, 6.45) is 2.09. The van der Waals surface area contributed by atoms with Gasteiger partial charge in [-0.15, -0.1) is 0 Å². The van der Waals surface area contributed by atoms with Crippen molar-refractivity contribution >= 4 is 11.0 Å². The Labute approximate surface area is 153 Å². The van der Waals surface area contributed by atoms with Gasteiger partial charge in [-0.25, -0.2) is 4.98 Å². The molecule has 0 fully saturated rings. The van der Waals surface area contributed by atoms with Gasteiger partial charge in [0.15, 0.2) is 0 Å². The van der Waals surface area contributed by atoms with E-state index in [1.807, 2.05) is 0 Å². The third kappa shape index (κ3) is 3.27. The first kappa shape index (κ1) is 17.2. The van der Waals surface area contributed by atoms with E-state index in [1.54, 1.807) is 0 Å². The van der Waals surface area contributed by atoms with Crippen LogP contribution in [-0.2, 0) is 32.7 Å². The molecule has 6 heteroatoms. The SMILES string of the molecule is CC(C)CCn1c(CN2CCc3[nH]nc(CO)c3C2)nc2ccccc21. The maximum Gasteiger partial charge on any atom is 0.124 e. The Morgan fingerprint density at radius 3 is 2.92 bits per heavy atom. The fraction of sp³-hybridized carbons (Fsp3) is 0.500. The second kappa shape index (κ2) is 7.21. The summed E-state index contributed by atoms with van der Waals surface area (Å²) in [5, 5.41) is 16.8. The van der Waals surface area contributed by atoms with Crippen LogP contribution in [0.4, 0.5) is 0 Å². The fourth-order valence-electron chi connectivity index (χ4n) is 3.76. The molecule has 1 aliphatic rings. The Bertz CT molecular complexity index is 881. The van der Waals surface area contributed by atoms with Gasteiger partial charge in [0, 0.05) is 37.3 Å². The molecule has 4 rings (SSSR count). The van der Waals surface area contributed by atoms with Crippen LogP contribution in [0.3, 0.4) is 0 Å². The van der Waals surface area contributed by atoms with Gasteiger partial charge in [-0.05, 0) is 24.5 Å². The molecular weight excluding hydrogens is 326 g/mol. The molecule has 3 aromatic rings. The topological polar surface area (TPSA) is 70.0 Å². The molecule has 6 nitrogen and oxygen atoms in total. The molecule has 0 radical (unpaired) electrons. The molecule has 2 aromatic heterocycles. The van der Waals surface area contributed by atoms with Crippen LogP contribution in [0, 0.1) is 5.92 Å². The first-order valence-corrected chi connectivity index (χ1v) is 9.48. The molecule has 1 aliphatic heterocycles. The molecule has 0 spiro atoms. The molecule has 0 bridgehead atoms. The highest BCUT2D eigenvalue weighted by molar-refractivity contribution is 5.75. The maximum atomic E-state index is 9.50. The van der Waals surface area contributed by atoms with Crippen LogP contribution in [0.5, 0.6) is 0 Å². The van der Waals surface area contributed by atoms with Gasteiger partial charge in [-0.1, -0.05) is 26.0 Å². The Hall–Kier alpha value is -2.18. The average molecular weight is 353 g/mol. The molecule has 3 heterocycles. The van der Waals surface area contributed by atoms with Crippen molar-refractivity contribution < 1.29 is 5.11 Å². The number of benzene rings is 1. The molecule has 0 amide bonds. The van der Waals surface area contributed by atoms with E-state index >= 15 is 0 Å². The molecule has 0 aliphatic carbocycles. The van der Waals surface area contributed by atoms with E-state index in [1.165, 1.54) is 11.2 Å². The predicted octanol–water partition coefficient (Wildman–Crippen LogP) is 2.86. The number of aliphatic hydroxyl groups is 1. The van der Waals surface area contributed by atoms with Crippen molar-refractivity contribution in [1.29, 1.82) is 0 Å². The van der Waals surface area contributed by atoms with Crippen molar-refractivity contribution in [2.24, 2.45) is 5.92 Å². The Morgan fingerprint density at radius 1 is 1.27 bits per heavy atom. The largest absolute Gasteiger partial charge is 0.390 e. The van der Waals surface area contributed by atoms with Crippen molar-refractivity contribution in [2.75, 3.05) is 6.54 Å². The zero-order valence-electron chi connectivity index (χ0n) is 15.6. The lowest BCUT2D eigenvalue weighted by atomic mass is 10.1. The van der Waals surface area contributed by atoms with Crippen molar-refractivity contribution in [3.63, 3.8) is 0 Å². The smallest absolute Gasteiger partial charge is 0.124 e. The van der Waals surface area contributed by atoms with E-state index in [4.69, 9.17) is 4.98 Å². The summed E-state index contributed by atoms with van der Waals surface area (Å²) in [6, 6.07) is 8.41. The third-order valence-electron chi connectivity index (χ3n) is 5.28. The van der Waals surface area contributed by atoms with Gasteiger partial charge in [0.1, 0.15) is 5.82 Å². The number of nitrogens with one attached hydrogen (secondary N) is 1. The third-order valence-corrected chi connectivity index (χ3v) is 5.28. The molecular formula is C20H27N5O. The number of para-hydroxylation sites is 2. The standard InChI is InChI=1S/C20H27N5O/c1-14(2)7-10-25-19-6-4-3-5-17(19)21-20(25)12-24-9-8-16-15(11-24)18(13-26)23-22-16/h3-6,14,26H,7-13H2,1-2H3,(H,22,23). The summed E-state index contributed by atoms with van der Waals surface area (Å²) in [6.45, 7) is 8.14. The van der Waals surface area contributed by atoms with Crippen molar-refractivity contribution in [1.82, 2.24) is 24.6 Å². The number of nitrogens with zero attached hydrogens (tertiary/aromatic N) is 4. The highest BCUT2D eigenvalue weighted by Gasteiger charge is 2.23. The first-order valence-electron chi connectivity index (χ1n) is 9.48. The van der Waals surface area contributed by atoms with E-state index in [-0.39, 0.29) is 6.61 Å². The Balaban J connectivity index is 1.59. The maximum absolute atomic E-state index is 9.50. The molecule has 0 saturated heterocycles. The van der Waals surface area contributed by atoms with Gasteiger partial charge in [0.05, 0.1) is 29.9 Å². The fourth-order valence-corrected chi connectivity index (χ4v) is 3.76. The minimum atomic E-state index is -0.00737. The summed E-state index contributed by atoms with van der Waals surface area (Å²) in [5.41, 5.74) is 5.39. The predicted molar refractivity (Wildman–Crippen MR) is 102 cm³/mol. The van der Waals surface area contributed by atoms with E-state index in [0.717, 1.165) is 61.6 Å². The number of aromatic nitrogens is 4. The average Bonchev–Trinajstić information content (AvgIpc) is 3.20. The van der Waals surface area contributed by atoms with E-state index in [9.17, 15) is 5.11 Å². The van der Waals surface area contributed by atoms with E-state index < -0.39 is 0 Å². The Kier molecular flexibility index (Phi) is 4.78. The lowest BCUT2D eigenvalue weighted by Crippen LogP contribution is -2.31. The summed E-state index contributed by atoms with van der Waals surface area (Å²) in [4.78, 5) is 7.33. The van der Waals surface area contributed by atoms with Gasteiger partial charge in [-0.2, -0.15) is 5.10 Å². The summed E-state index contributed by atoms with van der Waals surface area (Å²) < 4.78 is 2.38. The number of hydrogen-bond donors (Lipinski definition) is 2. The summed E-state index contributed by atoms with van der Waals surface area (Å²) in [7, 11) is 0. The van der Waals surface area contributed by atoms with Crippen LogP contribution in [-0.4, -0.2) is 36.3 Å². The monoisotopic (exact) mass is 353 g/mol. The quantitative estimate of drug-likeness (QED) is 0.715. The minimum Gasteiger partial charge on any atom is -0.390 e. The molecule has 0 atom stereocenters. The van der Waals surface area contributed by atoms with Gasteiger partial charge in [-0.3, -0.25) is 10.00 Å². The molecule has 2 N–H and O–H groups in total. The molecule has 26 heavy (non-hydrogen) atoms. The van der Waals surface area contributed by atoms with Crippen LogP contribution in [0.15, 0.2) is 24.3 Å². The molecule has 0 unspecified atom stereocenters. The Morgan fingerprint density at radius 2 is 2.12 bits per heavy atom. The number of imidazole rings is 1. The summed E-state index contributed by atoms with van der Waals surface area (Å²) >= 11 is 0.